The zero-order valence-corrected chi connectivity index (χ0v) is 17.5. The Morgan fingerprint density at radius 3 is 2.93 bits per heavy atom. The Balaban J connectivity index is 1.39. The molecule has 0 amide bonds. The smallest absolute Gasteiger partial charge is 0.322 e. The Morgan fingerprint density at radius 1 is 1.38 bits per heavy atom. The van der Waals surface area contributed by atoms with Crippen LogP contribution in [0.1, 0.15) is 12.8 Å². The van der Waals surface area contributed by atoms with Gasteiger partial charge in [0.05, 0.1) is 10.7 Å². The third kappa shape index (κ3) is 4.73. The largest absolute Gasteiger partial charge is 0.489 e. The third-order valence-corrected chi connectivity index (χ3v) is 6.02. The Kier molecular flexibility index (Phi) is 5.76. The van der Waals surface area contributed by atoms with Crippen molar-refractivity contribution in [3.63, 3.8) is 0 Å². The highest BCUT2D eigenvalue weighted by atomic mass is 79.9. The average Bonchev–Trinajstić information content (AvgIpc) is 3.12. The molecule has 2 aromatic heterocycles. The molecule has 4 rings (SSSR count). The highest BCUT2D eigenvalue weighted by Crippen LogP contribution is 2.30. The van der Waals surface area contributed by atoms with Crippen LogP contribution in [0.2, 0.25) is 0 Å². The van der Waals surface area contributed by atoms with Gasteiger partial charge in [0.15, 0.2) is 9.96 Å². The molecule has 0 spiro atoms. The molecule has 3 heterocycles. The number of carboxylic acids is 1. The number of ether oxygens (including phenoxy) is 1. The van der Waals surface area contributed by atoms with E-state index in [1.165, 1.54) is 23.5 Å². The number of hydrogen-bond donors (Lipinski definition) is 2. The molecule has 0 bridgehead atoms. The number of carbonyl (C=O) groups is 1. The van der Waals surface area contributed by atoms with Gasteiger partial charge in [0.1, 0.15) is 29.7 Å². The highest BCUT2D eigenvalue weighted by Gasteiger charge is 2.23. The lowest BCUT2D eigenvalue weighted by Crippen LogP contribution is -2.39. The van der Waals surface area contributed by atoms with Gasteiger partial charge in [-0.25, -0.2) is 14.4 Å². The number of anilines is 2. The second kappa shape index (κ2) is 8.46. The molecule has 29 heavy (non-hydrogen) atoms. The molecule has 1 fully saturated rings. The molecule has 11 heteroatoms. The van der Waals surface area contributed by atoms with Crippen molar-refractivity contribution in [1.29, 1.82) is 0 Å². The number of hydrogen-bond acceptors (Lipinski definition) is 8. The summed E-state index contributed by atoms with van der Waals surface area (Å²) in [5, 5.41) is 12.0. The van der Waals surface area contributed by atoms with E-state index in [0.717, 1.165) is 17.3 Å². The van der Waals surface area contributed by atoms with E-state index in [2.05, 4.69) is 41.1 Å². The summed E-state index contributed by atoms with van der Waals surface area (Å²) in [6.45, 7) is 1.23. The molecule has 0 radical (unpaired) electrons. The minimum absolute atomic E-state index is 0.0108. The monoisotopic (exact) mass is 481 g/mol. The Labute approximate surface area is 177 Å². The summed E-state index contributed by atoms with van der Waals surface area (Å²) in [4.78, 5) is 26.7. The molecule has 3 aromatic rings. The van der Waals surface area contributed by atoms with Crippen molar-refractivity contribution in [2.24, 2.45) is 0 Å². The molecule has 1 aromatic carbocycles. The quantitative estimate of drug-likeness (QED) is 0.551. The van der Waals surface area contributed by atoms with Crippen molar-refractivity contribution in [3.8, 4) is 5.75 Å². The van der Waals surface area contributed by atoms with E-state index >= 15 is 0 Å². The molecule has 1 aliphatic rings. The van der Waals surface area contributed by atoms with Gasteiger partial charge >= 0.3 is 5.97 Å². The van der Waals surface area contributed by atoms with Crippen LogP contribution < -0.4 is 15.0 Å². The number of thiazole rings is 1. The van der Waals surface area contributed by atoms with Crippen LogP contribution in [-0.2, 0) is 4.79 Å². The molecule has 152 valence electrons. The van der Waals surface area contributed by atoms with E-state index in [1.54, 1.807) is 12.3 Å². The maximum absolute atomic E-state index is 13.4. The fraction of sp³-hybridized carbons (Fsp3) is 0.333. The van der Waals surface area contributed by atoms with Gasteiger partial charge in [-0.3, -0.25) is 4.79 Å². The summed E-state index contributed by atoms with van der Waals surface area (Å²) < 4.78 is 20.1. The number of aromatic nitrogens is 3. The first kappa shape index (κ1) is 19.8. The maximum Gasteiger partial charge on any atom is 0.322 e. The highest BCUT2D eigenvalue weighted by molar-refractivity contribution is 9.10. The fourth-order valence-electron chi connectivity index (χ4n) is 3.03. The van der Waals surface area contributed by atoms with Crippen molar-refractivity contribution in [2.75, 3.05) is 29.9 Å². The lowest BCUT2D eigenvalue weighted by Gasteiger charge is -2.32. The number of nitrogens with zero attached hydrogens (tertiary/aromatic N) is 4. The zero-order chi connectivity index (χ0) is 20.4. The normalized spacial score (nSPS) is 14.9. The molecule has 0 saturated carbocycles. The minimum Gasteiger partial charge on any atom is -0.489 e. The summed E-state index contributed by atoms with van der Waals surface area (Å²) in [6.07, 6.45) is 3.16. The fourth-order valence-corrected chi connectivity index (χ4v) is 4.17. The van der Waals surface area contributed by atoms with Crippen LogP contribution in [0, 0.1) is 5.82 Å². The third-order valence-electron chi connectivity index (χ3n) is 4.44. The number of carboxylic acid groups (broad SMARTS) is 1. The van der Waals surface area contributed by atoms with Crippen LogP contribution >= 0.6 is 27.3 Å². The number of piperidine rings is 1. The van der Waals surface area contributed by atoms with E-state index in [4.69, 9.17) is 9.84 Å². The minimum atomic E-state index is -0.952. The van der Waals surface area contributed by atoms with Crippen LogP contribution in [0.3, 0.4) is 0 Å². The van der Waals surface area contributed by atoms with E-state index in [0.29, 0.717) is 40.3 Å². The van der Waals surface area contributed by atoms with Crippen LogP contribution in [0.25, 0.3) is 10.3 Å². The second-order valence-corrected chi connectivity index (χ2v) is 8.34. The van der Waals surface area contributed by atoms with Gasteiger partial charge in [0.2, 0.25) is 5.95 Å². The van der Waals surface area contributed by atoms with Gasteiger partial charge in [-0.2, -0.15) is 4.98 Å². The van der Waals surface area contributed by atoms with Crippen LogP contribution in [-0.4, -0.2) is 51.8 Å². The van der Waals surface area contributed by atoms with Gasteiger partial charge in [-0.05, 0) is 28.1 Å². The molecule has 2 N–H and O–H groups in total. The van der Waals surface area contributed by atoms with Crippen LogP contribution in [0.15, 0.2) is 28.9 Å². The summed E-state index contributed by atoms with van der Waals surface area (Å²) in [6, 6.07) is 4.40. The van der Waals surface area contributed by atoms with Crippen molar-refractivity contribution in [2.45, 2.75) is 18.9 Å². The maximum atomic E-state index is 13.4. The van der Waals surface area contributed by atoms with Crippen molar-refractivity contribution in [1.82, 2.24) is 15.0 Å². The first-order valence-electron chi connectivity index (χ1n) is 8.94. The predicted octanol–water partition coefficient (Wildman–Crippen LogP) is 3.53. The van der Waals surface area contributed by atoms with E-state index in [9.17, 15) is 9.18 Å². The van der Waals surface area contributed by atoms with Crippen molar-refractivity contribution >= 4 is 54.7 Å². The standard InChI is InChI=1S/C18H17BrFN5O3S/c19-12-2-1-10(20)7-14(12)28-11-3-5-25(6-4-11)17-21-8-13-16(24-17)29-18(23-13)22-9-15(26)27/h1-2,7-8,11H,3-6,9H2,(H,22,23)(H,26,27). The first-order chi connectivity index (χ1) is 14.0. The molecule has 0 unspecified atom stereocenters. The van der Waals surface area contributed by atoms with E-state index in [-0.39, 0.29) is 18.5 Å². The Hall–Kier alpha value is -2.53. The second-order valence-electron chi connectivity index (χ2n) is 6.51. The molecule has 1 saturated heterocycles. The number of halogens is 2. The van der Waals surface area contributed by atoms with Gasteiger partial charge in [0.25, 0.3) is 0 Å². The van der Waals surface area contributed by atoms with Gasteiger partial charge < -0.3 is 20.1 Å². The predicted molar refractivity (Wildman–Crippen MR) is 111 cm³/mol. The lowest BCUT2D eigenvalue weighted by atomic mass is 10.1. The van der Waals surface area contributed by atoms with Gasteiger partial charge in [-0.1, -0.05) is 11.3 Å². The summed E-state index contributed by atoms with van der Waals surface area (Å²) in [7, 11) is 0. The molecule has 1 aliphatic heterocycles. The van der Waals surface area contributed by atoms with Crippen LogP contribution in [0.5, 0.6) is 5.75 Å². The van der Waals surface area contributed by atoms with Crippen LogP contribution in [0.4, 0.5) is 15.5 Å². The van der Waals surface area contributed by atoms with E-state index < -0.39 is 5.97 Å². The number of fused-ring (bicyclic) bond motifs is 1. The number of nitrogens with one attached hydrogen (secondary N) is 1. The topological polar surface area (TPSA) is 100 Å². The van der Waals surface area contributed by atoms with Gasteiger partial charge in [-0.15, -0.1) is 0 Å². The molecule has 8 nitrogen and oxygen atoms in total. The molecular weight excluding hydrogens is 465 g/mol. The SMILES string of the molecule is O=C(O)CNc1nc2cnc(N3CCC(Oc4cc(F)ccc4Br)CC3)nc2s1. The van der Waals surface area contributed by atoms with E-state index in [1.807, 2.05) is 0 Å². The lowest BCUT2D eigenvalue weighted by molar-refractivity contribution is -0.134. The number of benzene rings is 1. The van der Waals surface area contributed by atoms with Crippen molar-refractivity contribution in [3.05, 3.63) is 34.7 Å². The molecule has 0 aliphatic carbocycles. The average molecular weight is 482 g/mol. The summed E-state index contributed by atoms with van der Waals surface area (Å²) in [5.74, 6) is -0.168. The molecular formula is C18H17BrFN5O3S. The van der Waals surface area contributed by atoms with Gasteiger partial charge in [0, 0.05) is 32.0 Å². The first-order valence-corrected chi connectivity index (χ1v) is 10.5. The molecule has 0 atom stereocenters. The Bertz CT molecular complexity index is 1040. The summed E-state index contributed by atoms with van der Waals surface area (Å²) in [5.41, 5.74) is 0.626. The number of aliphatic carboxylic acids is 1. The van der Waals surface area contributed by atoms with Crippen molar-refractivity contribution < 1.29 is 19.0 Å². The zero-order valence-electron chi connectivity index (χ0n) is 15.1. The summed E-state index contributed by atoms with van der Waals surface area (Å²) >= 11 is 4.68. The Morgan fingerprint density at radius 2 is 2.17 bits per heavy atom. The number of rotatable bonds is 6.